The third-order valence-electron chi connectivity index (χ3n) is 4.89. The Balaban J connectivity index is 1.58. The summed E-state index contributed by atoms with van der Waals surface area (Å²) in [5, 5.41) is 4.71. The molecular weight excluding hydrogens is 350 g/mol. The number of hydrogen-bond donors (Lipinski definition) is 0. The van der Waals surface area contributed by atoms with E-state index in [0.717, 1.165) is 16.8 Å². The zero-order valence-corrected chi connectivity index (χ0v) is 15.3. The van der Waals surface area contributed by atoms with Crippen molar-refractivity contribution in [1.29, 1.82) is 0 Å². The highest BCUT2D eigenvalue weighted by atomic mass is 35.5. The van der Waals surface area contributed by atoms with E-state index in [9.17, 15) is 4.79 Å². The topological polar surface area (TPSA) is 59.2 Å². The lowest BCUT2D eigenvalue weighted by Crippen LogP contribution is -2.25. The predicted molar refractivity (Wildman–Crippen MR) is 100 cm³/mol. The maximum Gasteiger partial charge on any atom is 0.232 e. The number of aromatic nitrogens is 2. The Bertz CT molecular complexity index is 965. The SMILES string of the molecule is Cc1cccc(N2CC(c3nc(-c4ccc(Cl)cc4)no3)CC2=O)c1C. The molecule has 5 nitrogen and oxygen atoms in total. The van der Waals surface area contributed by atoms with Crippen molar-refractivity contribution in [2.24, 2.45) is 0 Å². The fourth-order valence-corrected chi connectivity index (χ4v) is 3.38. The molecule has 1 aromatic heterocycles. The van der Waals surface area contributed by atoms with E-state index in [4.69, 9.17) is 16.1 Å². The number of amides is 1. The first-order valence-electron chi connectivity index (χ1n) is 8.49. The first-order valence-corrected chi connectivity index (χ1v) is 8.87. The van der Waals surface area contributed by atoms with Gasteiger partial charge in [0.05, 0.1) is 5.92 Å². The van der Waals surface area contributed by atoms with Gasteiger partial charge in [-0.05, 0) is 55.3 Å². The number of aryl methyl sites for hydroxylation is 1. The Morgan fingerprint density at radius 1 is 1.15 bits per heavy atom. The lowest BCUT2D eigenvalue weighted by molar-refractivity contribution is -0.117. The van der Waals surface area contributed by atoms with Gasteiger partial charge in [-0.2, -0.15) is 4.98 Å². The minimum Gasteiger partial charge on any atom is -0.339 e. The number of rotatable bonds is 3. The molecule has 1 amide bonds. The molecule has 0 aliphatic carbocycles. The van der Waals surface area contributed by atoms with Crippen molar-refractivity contribution in [2.45, 2.75) is 26.2 Å². The van der Waals surface area contributed by atoms with Gasteiger partial charge in [-0.15, -0.1) is 0 Å². The Hall–Kier alpha value is -2.66. The second-order valence-electron chi connectivity index (χ2n) is 6.59. The summed E-state index contributed by atoms with van der Waals surface area (Å²) in [6.45, 7) is 4.63. The highest BCUT2D eigenvalue weighted by Crippen LogP contribution is 2.34. The summed E-state index contributed by atoms with van der Waals surface area (Å²) < 4.78 is 5.45. The number of hydrogen-bond acceptors (Lipinski definition) is 4. The summed E-state index contributed by atoms with van der Waals surface area (Å²) in [5.74, 6) is 0.983. The van der Waals surface area contributed by atoms with Gasteiger partial charge in [0.1, 0.15) is 0 Å². The second kappa shape index (κ2) is 6.57. The van der Waals surface area contributed by atoms with E-state index < -0.39 is 0 Å². The monoisotopic (exact) mass is 367 g/mol. The number of nitrogens with zero attached hydrogens (tertiary/aromatic N) is 3. The third-order valence-corrected chi connectivity index (χ3v) is 5.14. The Kier molecular flexibility index (Phi) is 4.24. The number of halogens is 1. The van der Waals surface area contributed by atoms with E-state index in [-0.39, 0.29) is 11.8 Å². The fourth-order valence-electron chi connectivity index (χ4n) is 3.25. The van der Waals surface area contributed by atoms with E-state index in [1.54, 1.807) is 12.1 Å². The lowest BCUT2D eigenvalue weighted by atomic mass is 10.1. The number of carbonyl (C=O) groups excluding carboxylic acids is 1. The zero-order chi connectivity index (χ0) is 18.3. The molecule has 3 aromatic rings. The van der Waals surface area contributed by atoms with Gasteiger partial charge in [0.25, 0.3) is 0 Å². The van der Waals surface area contributed by atoms with Gasteiger partial charge < -0.3 is 9.42 Å². The third kappa shape index (κ3) is 2.99. The molecule has 0 spiro atoms. The molecule has 1 aliphatic rings. The van der Waals surface area contributed by atoms with Gasteiger partial charge in [0.15, 0.2) is 0 Å². The molecule has 0 saturated carbocycles. The van der Waals surface area contributed by atoms with Crippen molar-refractivity contribution >= 4 is 23.2 Å². The van der Waals surface area contributed by atoms with Gasteiger partial charge in [0, 0.05) is 29.2 Å². The highest BCUT2D eigenvalue weighted by molar-refractivity contribution is 6.30. The molecular formula is C20H18ClN3O2. The Morgan fingerprint density at radius 3 is 2.69 bits per heavy atom. The quantitative estimate of drug-likeness (QED) is 0.682. The smallest absolute Gasteiger partial charge is 0.232 e. The summed E-state index contributed by atoms with van der Waals surface area (Å²) >= 11 is 5.91. The van der Waals surface area contributed by atoms with Crippen LogP contribution in [0.25, 0.3) is 11.4 Å². The predicted octanol–water partition coefficient (Wildman–Crippen LogP) is 4.53. The van der Waals surface area contributed by atoms with E-state index in [1.807, 2.05) is 49.1 Å². The molecule has 1 unspecified atom stereocenters. The maximum atomic E-state index is 12.6. The van der Waals surface area contributed by atoms with Crippen LogP contribution in [0.3, 0.4) is 0 Å². The van der Waals surface area contributed by atoms with Crippen LogP contribution in [0.1, 0.15) is 29.4 Å². The molecule has 1 atom stereocenters. The van der Waals surface area contributed by atoms with E-state index >= 15 is 0 Å². The molecule has 6 heteroatoms. The molecule has 0 bridgehead atoms. The maximum absolute atomic E-state index is 12.6. The van der Waals surface area contributed by atoms with Crippen LogP contribution in [0.15, 0.2) is 47.0 Å². The summed E-state index contributed by atoms with van der Waals surface area (Å²) in [7, 11) is 0. The van der Waals surface area contributed by atoms with Crippen molar-refractivity contribution in [3.05, 3.63) is 64.5 Å². The van der Waals surface area contributed by atoms with E-state index in [1.165, 1.54) is 5.56 Å². The molecule has 26 heavy (non-hydrogen) atoms. The van der Waals surface area contributed by atoms with E-state index in [2.05, 4.69) is 10.1 Å². The van der Waals surface area contributed by atoms with Gasteiger partial charge in [0.2, 0.25) is 17.6 Å². The van der Waals surface area contributed by atoms with Gasteiger partial charge in [-0.25, -0.2) is 0 Å². The Labute approximate surface area is 156 Å². The summed E-state index contributed by atoms with van der Waals surface area (Å²) in [6.07, 6.45) is 0.371. The number of anilines is 1. The zero-order valence-electron chi connectivity index (χ0n) is 14.6. The molecule has 1 fully saturated rings. The number of benzene rings is 2. The van der Waals surface area contributed by atoms with Crippen molar-refractivity contribution in [2.75, 3.05) is 11.4 Å². The van der Waals surface area contributed by atoms with Crippen molar-refractivity contribution < 1.29 is 9.32 Å². The second-order valence-corrected chi connectivity index (χ2v) is 7.02. The summed E-state index contributed by atoms with van der Waals surface area (Å²) in [5.41, 5.74) is 4.07. The first kappa shape index (κ1) is 16.8. The van der Waals surface area contributed by atoms with Crippen LogP contribution in [0.2, 0.25) is 5.02 Å². The largest absolute Gasteiger partial charge is 0.339 e. The van der Waals surface area contributed by atoms with Crippen molar-refractivity contribution in [1.82, 2.24) is 10.1 Å². The van der Waals surface area contributed by atoms with Crippen molar-refractivity contribution in [3.63, 3.8) is 0 Å². The van der Waals surface area contributed by atoms with Crippen LogP contribution in [0, 0.1) is 13.8 Å². The molecule has 0 radical (unpaired) electrons. The van der Waals surface area contributed by atoms with Crippen LogP contribution in [-0.2, 0) is 4.79 Å². The van der Waals surface area contributed by atoms with Gasteiger partial charge in [-0.3, -0.25) is 4.79 Å². The molecule has 2 aromatic carbocycles. The van der Waals surface area contributed by atoms with Crippen LogP contribution in [0.4, 0.5) is 5.69 Å². The molecule has 4 rings (SSSR count). The molecule has 1 saturated heterocycles. The Morgan fingerprint density at radius 2 is 1.92 bits per heavy atom. The van der Waals surface area contributed by atoms with Crippen molar-refractivity contribution in [3.8, 4) is 11.4 Å². The average molecular weight is 368 g/mol. The minimum absolute atomic E-state index is 0.0787. The minimum atomic E-state index is -0.101. The highest BCUT2D eigenvalue weighted by Gasteiger charge is 2.35. The van der Waals surface area contributed by atoms with Crippen LogP contribution in [0.5, 0.6) is 0 Å². The summed E-state index contributed by atoms with van der Waals surface area (Å²) in [6, 6.07) is 13.3. The molecule has 0 N–H and O–H groups in total. The van der Waals surface area contributed by atoms with Gasteiger partial charge >= 0.3 is 0 Å². The molecule has 2 heterocycles. The average Bonchev–Trinajstić information content (AvgIpc) is 3.25. The molecule has 132 valence electrons. The summed E-state index contributed by atoms with van der Waals surface area (Å²) in [4.78, 5) is 18.9. The normalized spacial score (nSPS) is 17.1. The van der Waals surface area contributed by atoms with Crippen LogP contribution >= 0.6 is 11.6 Å². The molecule has 1 aliphatic heterocycles. The first-order chi connectivity index (χ1) is 12.5. The standard InChI is InChI=1S/C20H18ClN3O2/c1-12-4-3-5-17(13(12)2)24-11-15(10-18(24)25)20-22-19(23-26-20)14-6-8-16(21)9-7-14/h3-9,15H,10-11H2,1-2H3. The fraction of sp³-hybridized carbons (Fsp3) is 0.250. The van der Waals surface area contributed by atoms with Crippen LogP contribution in [-0.4, -0.2) is 22.6 Å². The number of carbonyl (C=O) groups is 1. The van der Waals surface area contributed by atoms with E-state index in [0.29, 0.717) is 29.7 Å². The van der Waals surface area contributed by atoms with Crippen LogP contribution < -0.4 is 4.90 Å². The lowest BCUT2D eigenvalue weighted by Gasteiger charge is -2.19. The van der Waals surface area contributed by atoms with Gasteiger partial charge in [-0.1, -0.05) is 28.9 Å².